The van der Waals surface area contributed by atoms with Gasteiger partial charge in [-0.15, -0.1) is 0 Å². The predicted octanol–water partition coefficient (Wildman–Crippen LogP) is 8.27. The van der Waals surface area contributed by atoms with Gasteiger partial charge in [0.2, 0.25) is 6.08 Å². The monoisotopic (exact) mass is 871 g/mol. The maximum absolute atomic E-state index is 12.3. The Morgan fingerprint density at radius 1 is 0.565 bits per heavy atom. The number of ether oxygens (including phenoxy) is 2. The summed E-state index contributed by atoms with van der Waals surface area (Å²) in [5.41, 5.74) is 9.96. The highest BCUT2D eigenvalue weighted by Gasteiger charge is 2.19. The van der Waals surface area contributed by atoms with Crippen LogP contribution in [-0.4, -0.2) is 60.8 Å². The van der Waals surface area contributed by atoms with Gasteiger partial charge in [-0.3, -0.25) is 10.6 Å². The lowest BCUT2D eigenvalue weighted by Crippen LogP contribution is -2.30. The van der Waals surface area contributed by atoms with E-state index in [2.05, 4.69) is 71.8 Å². The molecule has 0 radical (unpaired) electrons. The average Bonchev–Trinajstić information content (AvgIpc) is 3.63. The number of hydrogen-bond acceptors (Lipinski definition) is 9. The minimum atomic E-state index is -0.563. The number of carbonyl (C=O) groups is 3. The maximum atomic E-state index is 12.3. The number of benzene rings is 5. The zero-order chi connectivity index (χ0) is 43.5. The molecule has 0 saturated carbocycles. The van der Waals surface area contributed by atoms with Crippen molar-refractivity contribution in [3.8, 4) is 11.1 Å². The van der Waals surface area contributed by atoms with Gasteiger partial charge >= 0.3 is 18.2 Å². The fraction of sp³-hybridized carbons (Fsp3) is 0.200. The lowest BCUT2D eigenvalue weighted by molar-refractivity contribution is 0.159. The molecule has 15 nitrogen and oxygen atoms in total. The molecule has 5 aromatic rings. The molecule has 1 aliphatic rings. The number of nitrogens with zero attached hydrogens (tertiary/aromatic N) is 1. The molecular formula is C45H45N9O6S2. The Balaban J connectivity index is 0.821. The first-order valence-electron chi connectivity index (χ1n) is 19.8. The Bertz CT molecular complexity index is 2410. The first-order valence-corrected chi connectivity index (χ1v) is 20.6. The Morgan fingerprint density at radius 3 is 1.56 bits per heavy atom. The van der Waals surface area contributed by atoms with Crippen LogP contribution in [0.2, 0.25) is 0 Å². The molecule has 0 spiro atoms. The van der Waals surface area contributed by atoms with Crippen LogP contribution in [0.1, 0.15) is 35.1 Å². The van der Waals surface area contributed by atoms with Crippen LogP contribution in [-0.2, 0) is 33.8 Å². The molecular weight excluding hydrogens is 827 g/mol. The number of para-hydroxylation sites is 1. The molecule has 0 aromatic heterocycles. The van der Waals surface area contributed by atoms with Crippen molar-refractivity contribution in [1.29, 1.82) is 0 Å². The van der Waals surface area contributed by atoms with E-state index in [1.807, 2.05) is 54.6 Å². The largest absolute Gasteiger partial charge is 0.449 e. The second kappa shape index (κ2) is 22.9. The first-order chi connectivity index (χ1) is 30.2. The van der Waals surface area contributed by atoms with Crippen molar-refractivity contribution in [2.45, 2.75) is 32.4 Å². The molecule has 6 rings (SSSR count). The first kappa shape index (κ1) is 44.2. The van der Waals surface area contributed by atoms with E-state index in [1.165, 1.54) is 17.2 Å². The molecule has 5 aromatic carbocycles. The number of amides is 4. The van der Waals surface area contributed by atoms with Crippen LogP contribution in [0.3, 0.4) is 0 Å². The molecule has 17 heteroatoms. The number of isocyanates is 1. The Morgan fingerprint density at radius 2 is 1.05 bits per heavy atom. The van der Waals surface area contributed by atoms with Crippen LogP contribution in [0.15, 0.2) is 120 Å². The molecule has 8 N–H and O–H groups in total. The quantitative estimate of drug-likeness (QED) is 0.0190. The summed E-state index contributed by atoms with van der Waals surface area (Å²) < 4.78 is 10.6. The smallest absolute Gasteiger partial charge is 0.411 e. The van der Waals surface area contributed by atoms with Gasteiger partial charge in [-0.2, -0.15) is 0 Å². The number of urea groups is 1. The fourth-order valence-electron chi connectivity index (χ4n) is 6.30. The molecule has 0 saturated heterocycles. The van der Waals surface area contributed by atoms with Gasteiger partial charge in [0.1, 0.15) is 0 Å². The molecule has 4 amide bonds. The molecule has 0 unspecified atom stereocenters. The van der Waals surface area contributed by atoms with Crippen LogP contribution >= 0.6 is 24.4 Å². The molecule has 0 heterocycles. The van der Waals surface area contributed by atoms with Gasteiger partial charge in [0, 0.05) is 48.1 Å². The van der Waals surface area contributed by atoms with Gasteiger partial charge in [0.05, 0.1) is 19.8 Å². The Hall–Kier alpha value is -7.33. The summed E-state index contributed by atoms with van der Waals surface area (Å²) in [6.07, 6.45) is 2.23. The SMILES string of the molecule is O=C=NCc1ccc(NC(=O)OCCCNC(=S)Nc2ccc3c(c2)Cc2cc(NC(=S)NCCCOC(=O)Nc4ccc(CNC(=O)Nc5ccccc5)cc4)ccc2-3)cc1. The molecule has 0 bridgehead atoms. The molecule has 0 aliphatic heterocycles. The van der Waals surface area contributed by atoms with Crippen molar-refractivity contribution in [2.75, 3.05) is 52.9 Å². The third-order valence-corrected chi connectivity index (χ3v) is 9.78. The maximum Gasteiger partial charge on any atom is 0.411 e. The summed E-state index contributed by atoms with van der Waals surface area (Å²) in [6, 6.07) is 35.3. The number of aliphatic imine (C=N–C) groups is 1. The normalized spacial score (nSPS) is 10.7. The minimum Gasteiger partial charge on any atom is -0.449 e. The van der Waals surface area contributed by atoms with Crippen LogP contribution in [0.4, 0.5) is 42.8 Å². The van der Waals surface area contributed by atoms with Gasteiger partial charge in [-0.25, -0.2) is 24.2 Å². The van der Waals surface area contributed by atoms with E-state index in [-0.39, 0.29) is 25.8 Å². The summed E-state index contributed by atoms with van der Waals surface area (Å²) in [5.74, 6) is 0. The number of thiocarbonyl (C=S) groups is 2. The van der Waals surface area contributed by atoms with E-state index in [0.717, 1.165) is 40.0 Å². The van der Waals surface area contributed by atoms with Gasteiger partial charge < -0.3 is 41.4 Å². The summed E-state index contributed by atoms with van der Waals surface area (Å²) in [4.78, 5) is 50.3. The molecule has 318 valence electrons. The van der Waals surface area contributed by atoms with E-state index in [9.17, 15) is 19.2 Å². The van der Waals surface area contributed by atoms with Gasteiger partial charge in [0.25, 0.3) is 0 Å². The third-order valence-electron chi connectivity index (χ3n) is 9.29. The number of nitrogens with one attached hydrogen (secondary N) is 8. The highest BCUT2D eigenvalue weighted by Crippen LogP contribution is 2.39. The standard InChI is InChI=1S/C45H45N9O6S2/c55-29-46-27-30-8-12-35(13-9-30)53-44(57)59-22-4-20-47-42(61)51-37-16-18-39-32(25-37)24-33-26-38(17-19-40(33)39)52-43(62)48-21-5-23-60-45(58)54-36-14-10-31(11-15-36)28-49-41(56)50-34-6-2-1-3-7-34/h1-3,6-19,25-26H,4-5,20-24,27-28H2,(H,53,57)(H,54,58)(H2,47,51,61)(H2,48,52,62)(H2,49,50,56). The van der Waals surface area contributed by atoms with Crippen molar-refractivity contribution in [3.05, 3.63) is 138 Å². The number of fused-ring (bicyclic) bond motifs is 3. The number of anilines is 5. The second-order valence-electron chi connectivity index (χ2n) is 13.9. The average molecular weight is 872 g/mol. The van der Waals surface area contributed by atoms with E-state index in [4.69, 9.17) is 33.9 Å². The number of carbonyl (C=O) groups excluding carboxylic acids is 4. The summed E-state index contributed by atoms with van der Waals surface area (Å²) >= 11 is 11.0. The molecule has 0 atom stereocenters. The van der Waals surface area contributed by atoms with Gasteiger partial charge in [0.15, 0.2) is 10.2 Å². The van der Waals surface area contributed by atoms with E-state index in [1.54, 1.807) is 36.4 Å². The predicted molar refractivity (Wildman–Crippen MR) is 249 cm³/mol. The fourth-order valence-corrected chi connectivity index (χ4v) is 6.74. The van der Waals surface area contributed by atoms with Crippen LogP contribution in [0.5, 0.6) is 0 Å². The van der Waals surface area contributed by atoms with E-state index in [0.29, 0.717) is 59.8 Å². The second-order valence-corrected chi connectivity index (χ2v) is 14.7. The summed E-state index contributed by atoms with van der Waals surface area (Å²) in [7, 11) is 0. The molecule has 1 aliphatic carbocycles. The highest BCUT2D eigenvalue weighted by atomic mass is 32.1. The van der Waals surface area contributed by atoms with Crippen molar-refractivity contribution in [2.24, 2.45) is 4.99 Å². The molecule has 0 fully saturated rings. The summed E-state index contributed by atoms with van der Waals surface area (Å²) in [5, 5.41) is 24.6. The van der Waals surface area contributed by atoms with Crippen molar-refractivity contribution < 1.29 is 28.7 Å². The lowest BCUT2D eigenvalue weighted by atomic mass is 10.1. The van der Waals surface area contributed by atoms with Gasteiger partial charge in [-0.05, 0) is 138 Å². The van der Waals surface area contributed by atoms with Crippen molar-refractivity contribution >= 4 is 87.4 Å². The highest BCUT2D eigenvalue weighted by molar-refractivity contribution is 7.80. The Kier molecular flexibility index (Phi) is 16.3. The zero-order valence-electron chi connectivity index (χ0n) is 33.5. The van der Waals surface area contributed by atoms with E-state index >= 15 is 0 Å². The summed E-state index contributed by atoms with van der Waals surface area (Å²) in [6.45, 7) is 1.98. The topological polar surface area (TPSA) is 195 Å². The van der Waals surface area contributed by atoms with Crippen molar-refractivity contribution in [1.82, 2.24) is 16.0 Å². The van der Waals surface area contributed by atoms with Crippen LogP contribution < -0.4 is 42.5 Å². The number of rotatable bonds is 17. The minimum absolute atomic E-state index is 0.199. The lowest BCUT2D eigenvalue weighted by Gasteiger charge is -2.12. The van der Waals surface area contributed by atoms with Crippen LogP contribution in [0, 0.1) is 0 Å². The molecule has 62 heavy (non-hydrogen) atoms. The Labute approximate surface area is 369 Å². The zero-order valence-corrected chi connectivity index (χ0v) is 35.2. The van der Waals surface area contributed by atoms with E-state index < -0.39 is 12.2 Å². The third kappa shape index (κ3) is 14.2. The number of hydrogen-bond donors (Lipinski definition) is 8. The van der Waals surface area contributed by atoms with Crippen molar-refractivity contribution in [3.63, 3.8) is 0 Å². The van der Waals surface area contributed by atoms with Gasteiger partial charge in [-0.1, -0.05) is 54.6 Å². The van der Waals surface area contributed by atoms with Crippen LogP contribution in [0.25, 0.3) is 11.1 Å².